The van der Waals surface area contributed by atoms with Gasteiger partial charge in [0.25, 0.3) is 10.0 Å². The van der Waals surface area contributed by atoms with Crippen molar-refractivity contribution >= 4 is 39.1 Å². The first-order valence-corrected chi connectivity index (χ1v) is 15.0. The minimum absolute atomic E-state index is 0.0243. The summed E-state index contributed by atoms with van der Waals surface area (Å²) in [7, 11) is -4.26. The Morgan fingerprint density at radius 3 is 2.27 bits per heavy atom. The van der Waals surface area contributed by atoms with Crippen LogP contribution in [0.5, 0.6) is 0 Å². The highest BCUT2D eigenvalue weighted by atomic mass is 35.5. The largest absolute Gasteiger partial charge is 0.352 e. The minimum atomic E-state index is -4.26. The van der Waals surface area contributed by atoms with E-state index in [1.807, 2.05) is 45.0 Å². The standard InChI is InChI=1S/C30H35ClFN3O4S/c1-5-22(4)33-30(37)28(6-2)34(19-23-12-10-11-21(3)17-23)29(36)20-35(24-15-16-27(32)26(31)18-24)40(38,39)25-13-8-7-9-14-25/h7-18,22,28H,5-6,19-20H2,1-4H3,(H,33,37)/t22-,28+/m0/s1. The lowest BCUT2D eigenvalue weighted by Crippen LogP contribution is -2.53. The van der Waals surface area contributed by atoms with Crippen LogP contribution in [0, 0.1) is 12.7 Å². The van der Waals surface area contributed by atoms with Gasteiger partial charge in [-0.3, -0.25) is 13.9 Å². The zero-order valence-corrected chi connectivity index (χ0v) is 24.7. The Labute approximate surface area is 241 Å². The maximum absolute atomic E-state index is 14.0. The Morgan fingerprint density at radius 2 is 1.68 bits per heavy atom. The van der Waals surface area contributed by atoms with Crippen molar-refractivity contribution in [3.63, 3.8) is 0 Å². The van der Waals surface area contributed by atoms with Gasteiger partial charge in [0.1, 0.15) is 18.4 Å². The molecule has 0 saturated heterocycles. The summed E-state index contributed by atoms with van der Waals surface area (Å²) < 4.78 is 42.5. The molecule has 0 aliphatic heterocycles. The lowest BCUT2D eigenvalue weighted by molar-refractivity contribution is -0.140. The van der Waals surface area contributed by atoms with Crippen molar-refractivity contribution < 1.29 is 22.4 Å². The molecule has 0 saturated carbocycles. The number of amides is 2. The van der Waals surface area contributed by atoms with Gasteiger partial charge in [0.15, 0.2) is 0 Å². The molecule has 2 atom stereocenters. The number of sulfonamides is 1. The van der Waals surface area contributed by atoms with E-state index in [1.54, 1.807) is 25.1 Å². The van der Waals surface area contributed by atoms with Gasteiger partial charge in [0.05, 0.1) is 15.6 Å². The van der Waals surface area contributed by atoms with Crippen LogP contribution in [0.4, 0.5) is 10.1 Å². The Kier molecular flexibility index (Phi) is 10.7. The van der Waals surface area contributed by atoms with Crippen molar-refractivity contribution in [3.8, 4) is 0 Å². The van der Waals surface area contributed by atoms with Crippen molar-refractivity contribution in [1.82, 2.24) is 10.2 Å². The van der Waals surface area contributed by atoms with Crippen LogP contribution in [0.2, 0.25) is 5.02 Å². The number of nitrogens with zero attached hydrogens (tertiary/aromatic N) is 2. The number of halogens is 2. The van der Waals surface area contributed by atoms with E-state index in [9.17, 15) is 22.4 Å². The van der Waals surface area contributed by atoms with E-state index in [4.69, 9.17) is 11.6 Å². The summed E-state index contributed by atoms with van der Waals surface area (Å²) in [5, 5.41) is 2.66. The van der Waals surface area contributed by atoms with Gasteiger partial charge in [-0.1, -0.05) is 73.5 Å². The van der Waals surface area contributed by atoms with E-state index in [-0.39, 0.29) is 34.1 Å². The van der Waals surface area contributed by atoms with Crippen molar-refractivity contribution in [2.45, 2.75) is 64.1 Å². The van der Waals surface area contributed by atoms with Gasteiger partial charge < -0.3 is 10.2 Å². The molecule has 0 aliphatic rings. The molecule has 3 aromatic rings. The van der Waals surface area contributed by atoms with Gasteiger partial charge in [-0.2, -0.15) is 0 Å². The molecule has 0 spiro atoms. The smallest absolute Gasteiger partial charge is 0.264 e. The van der Waals surface area contributed by atoms with Crippen molar-refractivity contribution in [2.75, 3.05) is 10.8 Å². The number of benzene rings is 3. The molecule has 3 aromatic carbocycles. The van der Waals surface area contributed by atoms with Gasteiger partial charge in [-0.25, -0.2) is 12.8 Å². The third-order valence-corrected chi connectivity index (χ3v) is 8.70. The average molecular weight is 588 g/mol. The van der Waals surface area contributed by atoms with E-state index in [0.29, 0.717) is 12.8 Å². The lowest BCUT2D eigenvalue weighted by Gasteiger charge is -2.33. The molecule has 40 heavy (non-hydrogen) atoms. The zero-order valence-electron chi connectivity index (χ0n) is 23.1. The topological polar surface area (TPSA) is 86.8 Å². The summed E-state index contributed by atoms with van der Waals surface area (Å²) in [5.41, 5.74) is 1.80. The second-order valence-corrected chi connectivity index (χ2v) is 11.9. The average Bonchev–Trinajstić information content (AvgIpc) is 2.93. The first kappa shape index (κ1) is 31.1. The van der Waals surface area contributed by atoms with E-state index in [2.05, 4.69) is 5.32 Å². The highest BCUT2D eigenvalue weighted by molar-refractivity contribution is 7.92. The van der Waals surface area contributed by atoms with Crippen LogP contribution in [0.1, 0.15) is 44.7 Å². The highest BCUT2D eigenvalue weighted by Gasteiger charge is 2.34. The van der Waals surface area contributed by atoms with E-state index < -0.39 is 34.3 Å². The second kappa shape index (κ2) is 13.8. The molecule has 0 aromatic heterocycles. The van der Waals surface area contributed by atoms with Crippen molar-refractivity contribution in [1.29, 1.82) is 0 Å². The predicted octanol–water partition coefficient (Wildman–Crippen LogP) is 5.70. The molecule has 214 valence electrons. The molecular formula is C30H35ClFN3O4S. The van der Waals surface area contributed by atoms with Gasteiger partial charge in [-0.15, -0.1) is 0 Å². The summed E-state index contributed by atoms with van der Waals surface area (Å²) in [6.07, 6.45) is 1.02. The molecule has 0 fully saturated rings. The maximum Gasteiger partial charge on any atom is 0.264 e. The predicted molar refractivity (Wildman–Crippen MR) is 156 cm³/mol. The molecule has 2 amide bonds. The Hall–Kier alpha value is -3.43. The third kappa shape index (κ3) is 7.61. The molecule has 3 rings (SSSR count). The molecule has 0 unspecified atom stereocenters. The fraction of sp³-hybridized carbons (Fsp3) is 0.333. The fourth-order valence-corrected chi connectivity index (χ4v) is 5.86. The molecule has 0 radical (unpaired) electrons. The molecule has 0 bridgehead atoms. The summed E-state index contributed by atoms with van der Waals surface area (Å²) in [5.74, 6) is -1.63. The lowest BCUT2D eigenvalue weighted by atomic mass is 10.1. The Balaban J connectivity index is 2.07. The number of carbonyl (C=O) groups is 2. The minimum Gasteiger partial charge on any atom is -0.352 e. The van der Waals surface area contributed by atoms with Crippen molar-refractivity contribution in [2.24, 2.45) is 0 Å². The van der Waals surface area contributed by atoms with Crippen LogP contribution in [-0.2, 0) is 26.2 Å². The van der Waals surface area contributed by atoms with Gasteiger partial charge >= 0.3 is 0 Å². The second-order valence-electron chi connectivity index (χ2n) is 9.68. The van der Waals surface area contributed by atoms with Crippen LogP contribution in [0.15, 0.2) is 77.7 Å². The van der Waals surface area contributed by atoms with Crippen LogP contribution in [0.3, 0.4) is 0 Å². The quantitative estimate of drug-likeness (QED) is 0.294. The van der Waals surface area contributed by atoms with E-state index in [0.717, 1.165) is 21.5 Å². The summed E-state index contributed by atoms with van der Waals surface area (Å²) in [6, 6.07) is 17.7. The summed E-state index contributed by atoms with van der Waals surface area (Å²) in [4.78, 5) is 28.7. The molecule has 7 nitrogen and oxygen atoms in total. The third-order valence-electron chi connectivity index (χ3n) is 6.62. The first-order chi connectivity index (χ1) is 19.0. The molecular weight excluding hydrogens is 553 g/mol. The van der Waals surface area contributed by atoms with Gasteiger partial charge in [0, 0.05) is 12.6 Å². The van der Waals surface area contributed by atoms with Crippen LogP contribution in [-0.4, -0.2) is 43.8 Å². The number of anilines is 1. The first-order valence-electron chi connectivity index (χ1n) is 13.2. The monoisotopic (exact) mass is 587 g/mol. The highest BCUT2D eigenvalue weighted by Crippen LogP contribution is 2.28. The number of aryl methyl sites for hydroxylation is 1. The van der Waals surface area contributed by atoms with Gasteiger partial charge in [-0.05, 0) is 62.6 Å². The normalized spacial score (nSPS) is 12.8. The number of nitrogens with one attached hydrogen (secondary N) is 1. The van der Waals surface area contributed by atoms with Crippen LogP contribution >= 0.6 is 11.6 Å². The molecule has 0 heterocycles. The number of hydrogen-bond donors (Lipinski definition) is 1. The van der Waals surface area contributed by atoms with Crippen LogP contribution in [0.25, 0.3) is 0 Å². The Bertz CT molecular complexity index is 1440. The number of rotatable bonds is 12. The number of carbonyl (C=O) groups excluding carboxylic acids is 2. The summed E-state index contributed by atoms with van der Waals surface area (Å²) in [6.45, 7) is 7.02. The van der Waals surface area contributed by atoms with E-state index in [1.165, 1.54) is 29.2 Å². The van der Waals surface area contributed by atoms with Gasteiger partial charge in [0.2, 0.25) is 11.8 Å². The fourth-order valence-electron chi connectivity index (χ4n) is 4.26. The molecule has 0 aliphatic carbocycles. The number of hydrogen-bond acceptors (Lipinski definition) is 4. The molecule has 1 N–H and O–H groups in total. The van der Waals surface area contributed by atoms with Crippen LogP contribution < -0.4 is 9.62 Å². The zero-order chi connectivity index (χ0) is 29.4. The Morgan fingerprint density at radius 1 is 0.975 bits per heavy atom. The van der Waals surface area contributed by atoms with E-state index >= 15 is 0 Å². The van der Waals surface area contributed by atoms with Crippen molar-refractivity contribution in [3.05, 3.63) is 94.8 Å². The summed E-state index contributed by atoms with van der Waals surface area (Å²) >= 11 is 6.01. The molecule has 10 heteroatoms. The maximum atomic E-state index is 14.0. The SMILES string of the molecule is CC[C@H](C(=O)N[C@@H](C)CC)N(Cc1cccc(C)c1)C(=O)CN(c1ccc(F)c(Cl)c1)S(=O)(=O)c1ccccc1.